The quantitative estimate of drug-likeness (QED) is 0.916. The summed E-state index contributed by atoms with van der Waals surface area (Å²) in [4.78, 5) is 11.3. The third-order valence-corrected chi connectivity index (χ3v) is 2.82. The Morgan fingerprint density at radius 3 is 2.63 bits per heavy atom. The van der Waals surface area contributed by atoms with Gasteiger partial charge in [-0.25, -0.2) is 4.39 Å². The molecule has 0 saturated carbocycles. The molecule has 2 aromatic rings. The second kappa shape index (κ2) is 5.56. The minimum absolute atomic E-state index is 0.258. The summed E-state index contributed by atoms with van der Waals surface area (Å²) in [6.07, 6.45) is 1.83. The van der Waals surface area contributed by atoms with Gasteiger partial charge in [0.2, 0.25) is 0 Å². The van der Waals surface area contributed by atoms with E-state index in [1.165, 1.54) is 12.1 Å². The zero-order valence-electron chi connectivity index (χ0n) is 10.4. The van der Waals surface area contributed by atoms with E-state index < -0.39 is 11.9 Å². The fraction of sp³-hybridized carbons (Fsp3) is 0.214. The summed E-state index contributed by atoms with van der Waals surface area (Å²) in [5, 5.41) is 16.9. The van der Waals surface area contributed by atoms with E-state index in [1.807, 2.05) is 6.92 Å². The van der Waals surface area contributed by atoms with Gasteiger partial charge in [0.25, 0.3) is 0 Å². The molecule has 0 radical (unpaired) electrons. The van der Waals surface area contributed by atoms with Crippen molar-refractivity contribution in [3.05, 3.63) is 59.2 Å². The molecule has 1 atom stereocenters. The number of halogens is 1. The highest BCUT2D eigenvalue weighted by atomic mass is 19.1. The van der Waals surface area contributed by atoms with Crippen molar-refractivity contribution in [3.8, 4) is 0 Å². The maximum Gasteiger partial charge on any atom is 0.313 e. The second-order valence-electron chi connectivity index (χ2n) is 4.38. The second-order valence-corrected chi connectivity index (χ2v) is 4.38. The number of carboxylic acid groups (broad SMARTS) is 1. The molecule has 1 aromatic carbocycles. The molecule has 5 heteroatoms. The highest BCUT2D eigenvalue weighted by Gasteiger charge is 2.22. The number of carboxylic acids is 1. The van der Waals surface area contributed by atoms with E-state index in [4.69, 9.17) is 0 Å². The zero-order chi connectivity index (χ0) is 13.8. The van der Waals surface area contributed by atoms with Crippen LogP contribution in [0.15, 0.2) is 36.5 Å². The van der Waals surface area contributed by atoms with E-state index in [0.29, 0.717) is 5.69 Å². The Kier molecular flexibility index (Phi) is 3.85. The van der Waals surface area contributed by atoms with Crippen LogP contribution in [0.3, 0.4) is 0 Å². The summed E-state index contributed by atoms with van der Waals surface area (Å²) in [6, 6.07) is 7.49. The molecular weight excluding hydrogens is 247 g/mol. The van der Waals surface area contributed by atoms with Gasteiger partial charge in [0.1, 0.15) is 11.7 Å². The van der Waals surface area contributed by atoms with Gasteiger partial charge < -0.3 is 5.11 Å². The van der Waals surface area contributed by atoms with Crippen LogP contribution in [0.25, 0.3) is 0 Å². The predicted octanol–water partition coefficient (Wildman–Crippen LogP) is 2.34. The Labute approximate surface area is 109 Å². The molecule has 1 N–H and O–H groups in total. The molecule has 0 spiro atoms. The van der Waals surface area contributed by atoms with Crippen LogP contribution < -0.4 is 0 Å². The van der Waals surface area contributed by atoms with Gasteiger partial charge in [0, 0.05) is 0 Å². The van der Waals surface area contributed by atoms with Gasteiger partial charge in [0.15, 0.2) is 0 Å². The summed E-state index contributed by atoms with van der Waals surface area (Å²) in [7, 11) is 0. The van der Waals surface area contributed by atoms with E-state index >= 15 is 0 Å². The standard InChI is InChI=1S/C14H13FN2O2/c1-9-6-13(17-16-8-9)12(14(18)19)7-10-2-4-11(15)5-3-10/h2-6,8,12H,7H2,1H3,(H,18,19). The first-order valence-electron chi connectivity index (χ1n) is 5.83. The van der Waals surface area contributed by atoms with Crippen molar-refractivity contribution >= 4 is 5.97 Å². The van der Waals surface area contributed by atoms with Crippen LogP contribution in [0.4, 0.5) is 4.39 Å². The zero-order valence-corrected chi connectivity index (χ0v) is 10.4. The average Bonchev–Trinajstić information content (AvgIpc) is 2.37. The highest BCUT2D eigenvalue weighted by Crippen LogP contribution is 2.20. The van der Waals surface area contributed by atoms with Gasteiger partial charge in [-0.2, -0.15) is 10.2 Å². The van der Waals surface area contributed by atoms with Crippen molar-refractivity contribution < 1.29 is 14.3 Å². The highest BCUT2D eigenvalue weighted by molar-refractivity contribution is 5.75. The molecule has 4 nitrogen and oxygen atoms in total. The van der Waals surface area contributed by atoms with Crippen LogP contribution in [0, 0.1) is 12.7 Å². The SMILES string of the molecule is Cc1cnnc(C(Cc2ccc(F)cc2)C(=O)O)c1. The number of nitrogens with zero attached hydrogens (tertiary/aromatic N) is 2. The summed E-state index contributed by atoms with van der Waals surface area (Å²) in [5.41, 5.74) is 2.02. The number of aromatic nitrogens is 2. The molecule has 0 aliphatic rings. The first-order valence-corrected chi connectivity index (χ1v) is 5.83. The maximum atomic E-state index is 12.8. The lowest BCUT2D eigenvalue weighted by Crippen LogP contribution is -2.16. The van der Waals surface area contributed by atoms with Crippen LogP contribution >= 0.6 is 0 Å². The Bertz CT molecular complexity index is 584. The van der Waals surface area contributed by atoms with Crippen LogP contribution in [-0.4, -0.2) is 21.3 Å². The lowest BCUT2D eigenvalue weighted by Gasteiger charge is -2.11. The minimum Gasteiger partial charge on any atom is -0.481 e. The maximum absolute atomic E-state index is 12.8. The summed E-state index contributed by atoms with van der Waals surface area (Å²) in [5.74, 6) is -2.09. The van der Waals surface area contributed by atoms with E-state index in [-0.39, 0.29) is 12.2 Å². The summed E-state index contributed by atoms with van der Waals surface area (Å²) in [6.45, 7) is 1.83. The van der Waals surface area contributed by atoms with Crippen molar-refractivity contribution in [2.45, 2.75) is 19.3 Å². The molecule has 2 rings (SSSR count). The monoisotopic (exact) mass is 260 g/mol. The number of aryl methyl sites for hydroxylation is 1. The van der Waals surface area contributed by atoms with Gasteiger partial charge in [-0.05, 0) is 42.7 Å². The Morgan fingerprint density at radius 2 is 2.05 bits per heavy atom. The first kappa shape index (κ1) is 13.1. The Morgan fingerprint density at radius 1 is 1.37 bits per heavy atom. The third-order valence-electron chi connectivity index (χ3n) is 2.82. The third kappa shape index (κ3) is 3.34. The number of benzene rings is 1. The van der Waals surface area contributed by atoms with E-state index in [2.05, 4.69) is 10.2 Å². The van der Waals surface area contributed by atoms with Crippen LogP contribution in [-0.2, 0) is 11.2 Å². The number of rotatable bonds is 4. The lowest BCUT2D eigenvalue weighted by atomic mass is 9.95. The van der Waals surface area contributed by atoms with Gasteiger partial charge in [0.05, 0.1) is 11.9 Å². The van der Waals surface area contributed by atoms with Crippen molar-refractivity contribution in [2.24, 2.45) is 0 Å². The lowest BCUT2D eigenvalue weighted by molar-refractivity contribution is -0.138. The number of hydrogen-bond donors (Lipinski definition) is 1. The van der Waals surface area contributed by atoms with Gasteiger partial charge in [-0.3, -0.25) is 4.79 Å². The summed E-state index contributed by atoms with van der Waals surface area (Å²) < 4.78 is 12.8. The first-order chi connectivity index (χ1) is 9.06. The molecule has 0 aliphatic carbocycles. The van der Waals surface area contributed by atoms with E-state index in [9.17, 15) is 14.3 Å². The van der Waals surface area contributed by atoms with Crippen molar-refractivity contribution in [1.82, 2.24) is 10.2 Å². The molecule has 98 valence electrons. The predicted molar refractivity (Wildman–Crippen MR) is 67.2 cm³/mol. The Balaban J connectivity index is 2.26. The molecule has 0 saturated heterocycles. The van der Waals surface area contributed by atoms with Crippen molar-refractivity contribution in [1.29, 1.82) is 0 Å². The molecule has 19 heavy (non-hydrogen) atoms. The normalized spacial score (nSPS) is 12.1. The fourth-order valence-electron chi connectivity index (χ4n) is 1.83. The topological polar surface area (TPSA) is 63.1 Å². The average molecular weight is 260 g/mol. The fourth-order valence-corrected chi connectivity index (χ4v) is 1.83. The molecule has 0 amide bonds. The van der Waals surface area contributed by atoms with Gasteiger partial charge in [-0.1, -0.05) is 12.1 Å². The van der Waals surface area contributed by atoms with E-state index in [1.54, 1.807) is 24.4 Å². The molecular formula is C14H13FN2O2. The summed E-state index contributed by atoms with van der Waals surface area (Å²) >= 11 is 0. The van der Waals surface area contributed by atoms with Crippen LogP contribution in [0.5, 0.6) is 0 Å². The van der Waals surface area contributed by atoms with Crippen molar-refractivity contribution in [2.75, 3.05) is 0 Å². The largest absolute Gasteiger partial charge is 0.481 e. The smallest absolute Gasteiger partial charge is 0.313 e. The van der Waals surface area contributed by atoms with Gasteiger partial charge >= 0.3 is 5.97 Å². The Hall–Kier alpha value is -2.30. The number of carbonyl (C=O) groups is 1. The molecule has 1 heterocycles. The van der Waals surface area contributed by atoms with E-state index in [0.717, 1.165) is 11.1 Å². The molecule has 0 bridgehead atoms. The number of aliphatic carboxylic acids is 1. The molecule has 0 aliphatic heterocycles. The van der Waals surface area contributed by atoms with Gasteiger partial charge in [-0.15, -0.1) is 0 Å². The van der Waals surface area contributed by atoms with Crippen molar-refractivity contribution in [3.63, 3.8) is 0 Å². The van der Waals surface area contributed by atoms with Crippen LogP contribution in [0.1, 0.15) is 22.7 Å². The molecule has 1 aromatic heterocycles. The molecule has 0 fully saturated rings. The minimum atomic E-state index is -0.968. The number of hydrogen-bond acceptors (Lipinski definition) is 3. The van der Waals surface area contributed by atoms with Crippen LogP contribution in [0.2, 0.25) is 0 Å². The molecule has 1 unspecified atom stereocenters.